The minimum absolute atomic E-state index is 0.0437. The van der Waals surface area contributed by atoms with Gasteiger partial charge in [0.15, 0.2) is 6.61 Å². The molecule has 3 saturated carbocycles. The molecule has 3 fully saturated rings. The summed E-state index contributed by atoms with van der Waals surface area (Å²) in [7, 11) is 0. The number of nitrogens with one attached hydrogen (secondary N) is 1. The Morgan fingerprint density at radius 2 is 1.87 bits per heavy atom. The van der Waals surface area contributed by atoms with Gasteiger partial charge in [-0.1, -0.05) is 24.6 Å². The van der Waals surface area contributed by atoms with Crippen molar-refractivity contribution in [1.29, 1.82) is 0 Å². The first kappa shape index (κ1) is 22.3. The molecule has 4 aliphatic carbocycles. The highest BCUT2D eigenvalue weighted by molar-refractivity contribution is 5.96. The fraction of sp³-hybridized carbons (Fsp3) is 0.792. The number of carboxylic acid groups (broad SMARTS) is 1. The van der Waals surface area contributed by atoms with Gasteiger partial charge in [-0.2, -0.15) is 0 Å². The van der Waals surface area contributed by atoms with Gasteiger partial charge >= 0.3 is 5.97 Å². The highest BCUT2D eigenvalue weighted by atomic mass is 16.6. The van der Waals surface area contributed by atoms with E-state index in [1.165, 1.54) is 18.4 Å². The molecule has 3 N–H and O–H groups in total. The smallest absolute Gasteiger partial charge is 0.322 e. The standard InChI is InChI=1S/C24H36N2O5/c1-22-9-6-16(26-31-14-20(27)25-13-21(28)29)12-15(22)4-5-17-18(22)7-10-23(2)19(17)8-11-24(23,3)30/h12,17-19,30H,4-11,13-14H2,1-3H3,(H,25,27)(H,28,29)/b26-16+/t17-,18+,19+,22+,23+,24+/m1/s1. The Labute approximate surface area is 184 Å². The molecule has 7 heteroatoms. The Morgan fingerprint density at radius 3 is 2.61 bits per heavy atom. The summed E-state index contributed by atoms with van der Waals surface area (Å²) in [5, 5.41) is 26.1. The molecule has 0 aromatic carbocycles. The van der Waals surface area contributed by atoms with Crippen molar-refractivity contribution in [2.45, 2.75) is 77.7 Å². The van der Waals surface area contributed by atoms with E-state index in [0.717, 1.165) is 44.2 Å². The number of nitrogens with zero attached hydrogens (tertiary/aromatic N) is 1. The first-order valence-electron chi connectivity index (χ1n) is 11.7. The summed E-state index contributed by atoms with van der Waals surface area (Å²) < 4.78 is 0. The first-order valence-corrected chi connectivity index (χ1v) is 11.7. The van der Waals surface area contributed by atoms with Gasteiger partial charge in [-0.25, -0.2) is 0 Å². The number of amides is 1. The third-order valence-corrected chi connectivity index (χ3v) is 9.35. The van der Waals surface area contributed by atoms with Gasteiger partial charge in [0.2, 0.25) is 0 Å². The SMILES string of the molecule is C[C@]12CC/C(=N\OCC(=O)NCC(=O)O)C=C1CC[C@@H]1[C@@H]2CC[C@@]2(C)[C@H]1CC[C@]2(C)O. The summed E-state index contributed by atoms with van der Waals surface area (Å²) in [5.74, 6) is 0.377. The van der Waals surface area contributed by atoms with Crippen molar-refractivity contribution in [1.82, 2.24) is 5.32 Å². The second-order valence-electron chi connectivity index (χ2n) is 10.8. The average Bonchev–Trinajstić information content (AvgIpc) is 2.96. The number of carbonyl (C=O) groups excluding carboxylic acids is 1. The van der Waals surface area contributed by atoms with E-state index in [9.17, 15) is 14.7 Å². The summed E-state index contributed by atoms with van der Waals surface area (Å²) in [5.41, 5.74) is 1.99. The Bertz CT molecular complexity index is 819. The molecule has 0 unspecified atom stereocenters. The van der Waals surface area contributed by atoms with Crippen LogP contribution < -0.4 is 5.32 Å². The maximum Gasteiger partial charge on any atom is 0.322 e. The molecule has 4 rings (SSSR count). The molecular weight excluding hydrogens is 396 g/mol. The van der Waals surface area contributed by atoms with Crippen molar-refractivity contribution < 1.29 is 24.6 Å². The minimum atomic E-state index is -1.09. The van der Waals surface area contributed by atoms with Gasteiger partial charge in [-0.15, -0.1) is 0 Å². The zero-order chi connectivity index (χ0) is 22.4. The van der Waals surface area contributed by atoms with Gasteiger partial charge < -0.3 is 20.4 Å². The van der Waals surface area contributed by atoms with E-state index >= 15 is 0 Å². The number of aliphatic carboxylic acids is 1. The van der Waals surface area contributed by atoms with Gasteiger partial charge in [0.05, 0.1) is 11.3 Å². The molecule has 4 aliphatic rings. The average molecular weight is 433 g/mol. The lowest BCUT2D eigenvalue weighted by atomic mass is 9.46. The van der Waals surface area contributed by atoms with E-state index in [1.54, 1.807) is 0 Å². The number of carbonyl (C=O) groups is 2. The van der Waals surface area contributed by atoms with E-state index in [1.807, 2.05) is 0 Å². The van der Waals surface area contributed by atoms with E-state index in [-0.39, 0.29) is 17.4 Å². The Morgan fingerprint density at radius 1 is 1.13 bits per heavy atom. The van der Waals surface area contributed by atoms with Crippen molar-refractivity contribution in [3.63, 3.8) is 0 Å². The lowest BCUT2D eigenvalue weighted by Gasteiger charge is -2.59. The number of carboxylic acids is 1. The second-order valence-corrected chi connectivity index (χ2v) is 10.8. The van der Waals surface area contributed by atoms with Crippen LogP contribution in [-0.4, -0.2) is 46.6 Å². The van der Waals surface area contributed by atoms with Gasteiger partial charge in [0.25, 0.3) is 5.91 Å². The number of rotatable bonds is 5. The van der Waals surface area contributed by atoms with Crippen LogP contribution in [0.5, 0.6) is 0 Å². The molecule has 0 aromatic rings. The van der Waals surface area contributed by atoms with Crippen molar-refractivity contribution in [2.24, 2.45) is 33.7 Å². The molecular formula is C24H36N2O5. The number of aliphatic hydroxyl groups is 1. The van der Waals surface area contributed by atoms with Gasteiger partial charge in [0.1, 0.15) is 6.54 Å². The summed E-state index contributed by atoms with van der Waals surface area (Å²) >= 11 is 0. The van der Waals surface area contributed by atoms with Crippen LogP contribution in [0.25, 0.3) is 0 Å². The third kappa shape index (κ3) is 3.79. The summed E-state index contributed by atoms with van der Waals surface area (Å²) in [4.78, 5) is 27.3. The Kier molecular flexibility index (Phi) is 5.69. The topological polar surface area (TPSA) is 108 Å². The molecule has 0 aromatic heterocycles. The van der Waals surface area contributed by atoms with Crippen LogP contribution in [0, 0.1) is 28.6 Å². The van der Waals surface area contributed by atoms with Crippen LogP contribution >= 0.6 is 0 Å². The highest BCUT2D eigenvalue weighted by Gasteiger charge is 2.62. The Balaban J connectivity index is 1.43. The van der Waals surface area contributed by atoms with Gasteiger partial charge in [0, 0.05) is 0 Å². The fourth-order valence-electron chi connectivity index (χ4n) is 7.29. The largest absolute Gasteiger partial charge is 0.480 e. The zero-order valence-electron chi connectivity index (χ0n) is 18.9. The number of hydrogen-bond donors (Lipinski definition) is 3. The third-order valence-electron chi connectivity index (χ3n) is 9.35. The maximum atomic E-state index is 11.6. The normalized spacial score (nSPS) is 42.8. The number of allylic oxidation sites excluding steroid dienone is 2. The van der Waals surface area contributed by atoms with Crippen molar-refractivity contribution in [2.75, 3.05) is 13.2 Å². The van der Waals surface area contributed by atoms with E-state index in [2.05, 4.69) is 37.3 Å². The summed E-state index contributed by atoms with van der Waals surface area (Å²) in [6.07, 6.45) is 10.6. The quantitative estimate of drug-likeness (QED) is 0.578. The lowest BCUT2D eigenvalue weighted by molar-refractivity contribution is -0.138. The molecule has 31 heavy (non-hydrogen) atoms. The van der Waals surface area contributed by atoms with E-state index < -0.39 is 24.0 Å². The van der Waals surface area contributed by atoms with Crippen LogP contribution in [0.2, 0.25) is 0 Å². The van der Waals surface area contributed by atoms with Crippen LogP contribution in [0.4, 0.5) is 0 Å². The van der Waals surface area contributed by atoms with E-state index in [4.69, 9.17) is 9.94 Å². The molecule has 0 saturated heterocycles. The molecule has 7 nitrogen and oxygen atoms in total. The van der Waals surface area contributed by atoms with Gasteiger partial charge in [-0.05, 0) is 93.0 Å². The number of oxime groups is 1. The molecule has 0 spiro atoms. The van der Waals surface area contributed by atoms with Crippen LogP contribution in [0.3, 0.4) is 0 Å². The predicted octanol–water partition coefficient (Wildman–Crippen LogP) is 3.27. The lowest BCUT2D eigenvalue weighted by Crippen LogP contribution is -2.53. The molecule has 0 bridgehead atoms. The minimum Gasteiger partial charge on any atom is -0.480 e. The van der Waals surface area contributed by atoms with Crippen molar-refractivity contribution in [3.8, 4) is 0 Å². The molecule has 172 valence electrons. The Hall–Kier alpha value is -1.89. The van der Waals surface area contributed by atoms with Crippen LogP contribution in [0.1, 0.15) is 72.1 Å². The van der Waals surface area contributed by atoms with Gasteiger partial charge in [-0.3, -0.25) is 9.59 Å². The van der Waals surface area contributed by atoms with Crippen molar-refractivity contribution >= 4 is 17.6 Å². The zero-order valence-corrected chi connectivity index (χ0v) is 18.9. The maximum absolute atomic E-state index is 11.6. The number of hydrogen-bond acceptors (Lipinski definition) is 5. The molecule has 6 atom stereocenters. The predicted molar refractivity (Wildman–Crippen MR) is 116 cm³/mol. The first-order chi connectivity index (χ1) is 14.6. The molecule has 0 aliphatic heterocycles. The van der Waals surface area contributed by atoms with Crippen LogP contribution in [0.15, 0.2) is 16.8 Å². The fourth-order valence-corrected chi connectivity index (χ4v) is 7.29. The van der Waals surface area contributed by atoms with Crippen molar-refractivity contribution in [3.05, 3.63) is 11.6 Å². The summed E-state index contributed by atoms with van der Waals surface area (Å²) in [6, 6.07) is 0. The monoisotopic (exact) mass is 432 g/mol. The molecule has 0 radical (unpaired) electrons. The number of fused-ring (bicyclic) bond motifs is 5. The van der Waals surface area contributed by atoms with Crippen LogP contribution in [-0.2, 0) is 14.4 Å². The summed E-state index contributed by atoms with van der Waals surface area (Å²) in [6.45, 7) is 6.10. The second kappa shape index (κ2) is 7.91. The molecule has 0 heterocycles. The molecule has 1 amide bonds. The highest BCUT2D eigenvalue weighted by Crippen LogP contribution is 2.67. The van der Waals surface area contributed by atoms with E-state index in [0.29, 0.717) is 17.8 Å².